The van der Waals surface area contributed by atoms with Gasteiger partial charge in [-0.25, -0.2) is 4.85 Å². The van der Waals surface area contributed by atoms with Crippen molar-refractivity contribution in [1.29, 1.82) is 0 Å². The Morgan fingerprint density at radius 2 is 1.95 bits per heavy atom. The Morgan fingerprint density at radius 3 is 2.47 bits per heavy atom. The molecule has 0 aromatic carbocycles. The van der Waals surface area contributed by atoms with Crippen LogP contribution in [0.15, 0.2) is 35.4 Å². The minimum absolute atomic E-state index is 0.0230. The van der Waals surface area contributed by atoms with Crippen molar-refractivity contribution in [2.75, 3.05) is 0 Å². The van der Waals surface area contributed by atoms with Crippen molar-refractivity contribution < 1.29 is 0 Å². The van der Waals surface area contributed by atoms with Gasteiger partial charge in [-0.3, -0.25) is 9.78 Å². The van der Waals surface area contributed by atoms with E-state index in [1.165, 1.54) is 0 Å². The van der Waals surface area contributed by atoms with Crippen molar-refractivity contribution >= 4 is 5.69 Å². The van der Waals surface area contributed by atoms with Crippen molar-refractivity contribution in [3.63, 3.8) is 0 Å². The summed E-state index contributed by atoms with van der Waals surface area (Å²) in [4.78, 5) is 19.5. The summed E-state index contributed by atoms with van der Waals surface area (Å²) in [6, 6.07) is 5.45. The van der Waals surface area contributed by atoms with Crippen LogP contribution in [0.2, 0.25) is 0 Å². The highest BCUT2D eigenvalue weighted by atomic mass is 16.1. The van der Waals surface area contributed by atoms with E-state index in [0.29, 0.717) is 0 Å². The predicted molar refractivity (Wildman–Crippen MR) is 75.3 cm³/mol. The third kappa shape index (κ3) is 2.27. The molecule has 19 heavy (non-hydrogen) atoms. The lowest BCUT2D eigenvalue weighted by Gasteiger charge is -2.18. The van der Waals surface area contributed by atoms with Gasteiger partial charge in [0.15, 0.2) is 0 Å². The lowest BCUT2D eigenvalue weighted by molar-refractivity contribution is 0.566. The van der Waals surface area contributed by atoms with Gasteiger partial charge in [0.05, 0.1) is 6.57 Å². The van der Waals surface area contributed by atoms with Crippen LogP contribution in [-0.2, 0) is 0 Å². The molecular weight excluding hydrogens is 238 g/mol. The van der Waals surface area contributed by atoms with Crippen LogP contribution in [0.3, 0.4) is 0 Å². The molecule has 0 unspecified atom stereocenters. The molecule has 4 heteroatoms. The van der Waals surface area contributed by atoms with E-state index in [1.54, 1.807) is 23.0 Å². The Balaban J connectivity index is 2.81. The van der Waals surface area contributed by atoms with E-state index in [0.717, 1.165) is 16.8 Å². The summed E-state index contributed by atoms with van der Waals surface area (Å²) in [6.07, 6.45) is 3.41. The van der Waals surface area contributed by atoms with Gasteiger partial charge in [-0.1, -0.05) is 0 Å². The van der Waals surface area contributed by atoms with E-state index in [-0.39, 0.29) is 17.3 Å². The zero-order chi connectivity index (χ0) is 14.0. The molecule has 0 bridgehead atoms. The Morgan fingerprint density at radius 1 is 1.32 bits per heavy atom. The highest BCUT2D eigenvalue weighted by Gasteiger charge is 2.14. The minimum atomic E-state index is -0.222. The fourth-order valence-electron chi connectivity index (χ4n) is 2.23. The summed E-state index contributed by atoms with van der Waals surface area (Å²) < 4.78 is 1.67. The largest absolute Gasteiger partial charge is 0.319 e. The smallest absolute Gasteiger partial charge is 0.257 e. The Bertz CT molecular complexity index is 694. The van der Waals surface area contributed by atoms with Crippen molar-refractivity contribution in [3.8, 4) is 11.1 Å². The summed E-state index contributed by atoms with van der Waals surface area (Å²) in [5, 5.41) is 0. The molecule has 96 valence electrons. The summed E-state index contributed by atoms with van der Waals surface area (Å²) in [6.45, 7) is 12.9. The second-order valence-corrected chi connectivity index (χ2v) is 4.65. The molecule has 0 amide bonds. The van der Waals surface area contributed by atoms with Gasteiger partial charge in [0, 0.05) is 24.1 Å². The van der Waals surface area contributed by atoms with Gasteiger partial charge in [-0.15, -0.1) is 0 Å². The monoisotopic (exact) mass is 253 g/mol. The van der Waals surface area contributed by atoms with Crippen LogP contribution in [0.5, 0.6) is 0 Å². The van der Waals surface area contributed by atoms with Crippen molar-refractivity contribution in [3.05, 3.63) is 58.1 Å². The Hall–Kier alpha value is -2.41. The first-order valence-corrected chi connectivity index (χ1v) is 6.10. The highest BCUT2D eigenvalue weighted by Crippen LogP contribution is 2.26. The number of aromatic nitrogens is 2. The molecular formula is C15H15N3O. The topological polar surface area (TPSA) is 39.2 Å². The molecule has 2 aromatic rings. The lowest BCUT2D eigenvalue weighted by atomic mass is 10.0. The number of hydrogen-bond acceptors (Lipinski definition) is 2. The van der Waals surface area contributed by atoms with Crippen LogP contribution in [-0.4, -0.2) is 9.55 Å². The van der Waals surface area contributed by atoms with Crippen LogP contribution in [0.25, 0.3) is 16.0 Å². The molecule has 2 rings (SSSR count). The normalized spacial score (nSPS) is 10.5. The van der Waals surface area contributed by atoms with Crippen LogP contribution in [0, 0.1) is 13.5 Å². The van der Waals surface area contributed by atoms with E-state index in [4.69, 9.17) is 6.57 Å². The quantitative estimate of drug-likeness (QED) is 0.770. The summed E-state index contributed by atoms with van der Waals surface area (Å²) >= 11 is 0. The second kappa shape index (κ2) is 5.07. The first kappa shape index (κ1) is 13.0. The van der Waals surface area contributed by atoms with Gasteiger partial charge in [-0.05, 0) is 50.1 Å². The Kier molecular flexibility index (Phi) is 3.48. The maximum Gasteiger partial charge on any atom is 0.257 e. The lowest BCUT2D eigenvalue weighted by Crippen LogP contribution is -2.24. The average molecular weight is 253 g/mol. The average Bonchev–Trinajstić information content (AvgIpc) is 2.39. The van der Waals surface area contributed by atoms with Crippen LogP contribution in [0.4, 0.5) is 5.69 Å². The van der Waals surface area contributed by atoms with E-state index in [2.05, 4.69) is 9.83 Å². The van der Waals surface area contributed by atoms with E-state index < -0.39 is 0 Å². The zero-order valence-electron chi connectivity index (χ0n) is 11.2. The molecule has 4 nitrogen and oxygen atoms in total. The number of rotatable bonds is 2. The SMILES string of the molecule is [C-]#[N+]c1cc(-c2ccncc2)c(C)n(C(C)C)c1=O. The molecule has 0 N–H and O–H groups in total. The molecule has 0 saturated carbocycles. The molecule has 0 atom stereocenters. The van der Waals surface area contributed by atoms with Crippen LogP contribution < -0.4 is 5.56 Å². The van der Waals surface area contributed by atoms with Gasteiger partial charge in [0.25, 0.3) is 11.2 Å². The maximum absolute atomic E-state index is 12.2. The molecule has 0 aliphatic carbocycles. The maximum atomic E-state index is 12.2. The highest BCUT2D eigenvalue weighted by molar-refractivity contribution is 5.69. The van der Waals surface area contributed by atoms with E-state index in [1.807, 2.05) is 32.9 Å². The van der Waals surface area contributed by atoms with Crippen molar-refractivity contribution in [2.45, 2.75) is 26.8 Å². The number of pyridine rings is 2. The summed E-state index contributed by atoms with van der Waals surface area (Å²) in [5.74, 6) is 0. The van der Waals surface area contributed by atoms with Crippen molar-refractivity contribution in [2.24, 2.45) is 0 Å². The fraction of sp³-hybridized carbons (Fsp3) is 0.267. The molecule has 0 aliphatic heterocycles. The molecule has 0 spiro atoms. The minimum Gasteiger partial charge on any atom is -0.319 e. The number of nitrogens with zero attached hydrogens (tertiary/aromatic N) is 3. The zero-order valence-corrected chi connectivity index (χ0v) is 11.2. The van der Waals surface area contributed by atoms with Gasteiger partial charge in [0.2, 0.25) is 0 Å². The van der Waals surface area contributed by atoms with Crippen LogP contribution >= 0.6 is 0 Å². The first-order chi connectivity index (χ1) is 9.06. The van der Waals surface area contributed by atoms with E-state index >= 15 is 0 Å². The molecule has 0 fully saturated rings. The molecule has 0 saturated heterocycles. The third-order valence-corrected chi connectivity index (χ3v) is 3.10. The number of hydrogen-bond donors (Lipinski definition) is 0. The van der Waals surface area contributed by atoms with Gasteiger partial charge >= 0.3 is 0 Å². The van der Waals surface area contributed by atoms with Gasteiger partial charge < -0.3 is 4.57 Å². The molecule has 0 aliphatic rings. The van der Waals surface area contributed by atoms with Gasteiger partial charge in [0.1, 0.15) is 0 Å². The van der Waals surface area contributed by atoms with E-state index in [9.17, 15) is 4.79 Å². The fourth-order valence-corrected chi connectivity index (χ4v) is 2.23. The summed E-state index contributed by atoms with van der Waals surface area (Å²) in [7, 11) is 0. The molecule has 2 heterocycles. The Labute approximate surface area is 112 Å². The first-order valence-electron chi connectivity index (χ1n) is 6.10. The second-order valence-electron chi connectivity index (χ2n) is 4.65. The van der Waals surface area contributed by atoms with Crippen molar-refractivity contribution in [1.82, 2.24) is 9.55 Å². The molecule has 2 aromatic heterocycles. The molecule has 0 radical (unpaired) electrons. The van der Waals surface area contributed by atoms with Crippen LogP contribution in [0.1, 0.15) is 25.6 Å². The third-order valence-electron chi connectivity index (χ3n) is 3.10. The standard InChI is InChI=1S/C15H15N3O/c1-10(2)18-11(3)13(9-14(16-4)15(18)19)12-5-7-17-8-6-12/h5-10H,1-3H3. The van der Waals surface area contributed by atoms with Gasteiger partial charge in [-0.2, -0.15) is 0 Å². The predicted octanol–water partition coefficient (Wildman–Crippen LogP) is 3.35. The summed E-state index contributed by atoms with van der Waals surface area (Å²) in [5.41, 5.74) is 2.68.